The van der Waals surface area contributed by atoms with Gasteiger partial charge in [0.05, 0.1) is 29.3 Å². The number of nitrogens with one attached hydrogen (secondary N) is 1. The highest BCUT2D eigenvalue weighted by Gasteiger charge is 2.09. The Labute approximate surface area is 173 Å². The molecule has 1 amide bonds. The molecular formula is C22H19N3O3S. The van der Waals surface area contributed by atoms with E-state index in [1.54, 1.807) is 30.5 Å². The summed E-state index contributed by atoms with van der Waals surface area (Å²) in [5, 5.41) is 15.0. The van der Waals surface area contributed by atoms with Gasteiger partial charge in [-0.05, 0) is 48.2 Å². The molecule has 3 aromatic rings. The fraction of sp³-hybridized carbons (Fsp3) is 0.136. The summed E-state index contributed by atoms with van der Waals surface area (Å²) in [6.07, 6.45) is 1.54. The summed E-state index contributed by atoms with van der Waals surface area (Å²) in [6, 6.07) is 18.4. The Morgan fingerprint density at radius 1 is 1.17 bits per heavy atom. The lowest BCUT2D eigenvalue weighted by Crippen LogP contribution is -2.16. The largest absolute Gasteiger partial charge is 0.490 e. The minimum atomic E-state index is -0.252. The van der Waals surface area contributed by atoms with Crippen LogP contribution in [0.15, 0.2) is 65.1 Å². The van der Waals surface area contributed by atoms with Crippen molar-refractivity contribution in [1.82, 2.24) is 5.43 Å². The Balaban J connectivity index is 1.69. The van der Waals surface area contributed by atoms with Crippen molar-refractivity contribution in [2.45, 2.75) is 13.5 Å². The zero-order valence-electron chi connectivity index (χ0n) is 15.8. The molecule has 0 saturated heterocycles. The normalized spacial score (nSPS) is 10.5. The lowest BCUT2D eigenvalue weighted by Gasteiger charge is -2.13. The number of carbonyl (C=O) groups is 1. The van der Waals surface area contributed by atoms with Crippen LogP contribution in [0.1, 0.15) is 33.3 Å². The first-order valence-electron chi connectivity index (χ1n) is 8.96. The molecule has 1 aromatic heterocycles. The highest BCUT2D eigenvalue weighted by Crippen LogP contribution is 2.29. The Morgan fingerprint density at radius 2 is 2.03 bits per heavy atom. The molecule has 2 aromatic carbocycles. The maximum absolute atomic E-state index is 11.9. The molecule has 0 aliphatic carbocycles. The first-order chi connectivity index (χ1) is 14.2. The second kappa shape index (κ2) is 10.1. The second-order valence-corrected chi connectivity index (χ2v) is 6.82. The van der Waals surface area contributed by atoms with Crippen LogP contribution < -0.4 is 14.9 Å². The summed E-state index contributed by atoms with van der Waals surface area (Å²) in [5.41, 5.74) is 4.64. The summed E-state index contributed by atoms with van der Waals surface area (Å²) in [4.78, 5) is 12.5. The monoisotopic (exact) mass is 405 g/mol. The average Bonchev–Trinajstić information content (AvgIpc) is 3.28. The number of nitriles is 1. The third kappa shape index (κ3) is 5.43. The van der Waals surface area contributed by atoms with Crippen LogP contribution in [-0.4, -0.2) is 18.7 Å². The van der Waals surface area contributed by atoms with Crippen molar-refractivity contribution in [3.8, 4) is 17.6 Å². The van der Waals surface area contributed by atoms with Gasteiger partial charge in [0.2, 0.25) is 0 Å². The molecule has 0 spiro atoms. The van der Waals surface area contributed by atoms with Crippen LogP contribution in [0.3, 0.4) is 0 Å². The lowest BCUT2D eigenvalue weighted by molar-refractivity contribution is 0.0959. The molecule has 0 aliphatic rings. The SMILES string of the molecule is CCOc1cc(C=NNC(=O)c2cccs2)ccc1OCc1ccccc1C#N. The number of carbonyl (C=O) groups excluding carboxylic acids is 1. The van der Waals surface area contributed by atoms with Gasteiger partial charge in [0.25, 0.3) is 5.91 Å². The number of hydrazone groups is 1. The van der Waals surface area contributed by atoms with Crippen molar-refractivity contribution in [2.24, 2.45) is 5.10 Å². The Kier molecular flexibility index (Phi) is 6.98. The van der Waals surface area contributed by atoms with E-state index >= 15 is 0 Å². The first kappa shape index (κ1) is 20.1. The maximum Gasteiger partial charge on any atom is 0.281 e. The van der Waals surface area contributed by atoms with E-state index in [9.17, 15) is 10.1 Å². The highest BCUT2D eigenvalue weighted by molar-refractivity contribution is 7.12. The molecule has 29 heavy (non-hydrogen) atoms. The summed E-state index contributed by atoms with van der Waals surface area (Å²) >= 11 is 1.35. The van der Waals surface area contributed by atoms with Crippen molar-refractivity contribution < 1.29 is 14.3 Å². The summed E-state index contributed by atoms with van der Waals surface area (Å²) in [6.45, 7) is 2.62. The van der Waals surface area contributed by atoms with Gasteiger partial charge in [-0.1, -0.05) is 24.3 Å². The van der Waals surface area contributed by atoms with Gasteiger partial charge in [0, 0.05) is 5.56 Å². The van der Waals surface area contributed by atoms with E-state index in [1.807, 2.05) is 42.6 Å². The molecule has 146 valence electrons. The van der Waals surface area contributed by atoms with Crippen LogP contribution in [0.4, 0.5) is 0 Å². The van der Waals surface area contributed by atoms with E-state index in [4.69, 9.17) is 9.47 Å². The van der Waals surface area contributed by atoms with Gasteiger partial charge in [-0.15, -0.1) is 11.3 Å². The Hall–Kier alpha value is -3.63. The van der Waals surface area contributed by atoms with E-state index in [1.165, 1.54) is 11.3 Å². The Morgan fingerprint density at radius 3 is 2.79 bits per heavy atom. The molecule has 0 unspecified atom stereocenters. The molecule has 1 N–H and O–H groups in total. The molecule has 0 fully saturated rings. The molecule has 0 radical (unpaired) electrons. The van der Waals surface area contributed by atoms with Crippen LogP contribution >= 0.6 is 11.3 Å². The molecule has 3 rings (SSSR count). The minimum Gasteiger partial charge on any atom is -0.490 e. The van der Waals surface area contributed by atoms with Gasteiger partial charge in [-0.25, -0.2) is 5.43 Å². The number of hydrogen-bond donors (Lipinski definition) is 1. The number of hydrogen-bond acceptors (Lipinski definition) is 6. The number of rotatable bonds is 8. The lowest BCUT2D eigenvalue weighted by atomic mass is 10.1. The number of amides is 1. The van der Waals surface area contributed by atoms with Crippen LogP contribution in [0, 0.1) is 11.3 Å². The number of ether oxygens (including phenoxy) is 2. The van der Waals surface area contributed by atoms with E-state index in [2.05, 4.69) is 16.6 Å². The van der Waals surface area contributed by atoms with Gasteiger partial charge in [0.15, 0.2) is 11.5 Å². The summed E-state index contributed by atoms with van der Waals surface area (Å²) < 4.78 is 11.5. The van der Waals surface area contributed by atoms with Gasteiger partial charge in [0.1, 0.15) is 6.61 Å². The smallest absolute Gasteiger partial charge is 0.281 e. The van der Waals surface area contributed by atoms with Gasteiger partial charge >= 0.3 is 0 Å². The molecule has 1 heterocycles. The van der Waals surface area contributed by atoms with Gasteiger partial charge in [-0.2, -0.15) is 10.4 Å². The van der Waals surface area contributed by atoms with Crippen molar-refractivity contribution in [2.75, 3.05) is 6.61 Å². The predicted octanol–water partition coefficient (Wildman–Crippen LogP) is 4.36. The highest BCUT2D eigenvalue weighted by atomic mass is 32.1. The van der Waals surface area contributed by atoms with Crippen molar-refractivity contribution >= 4 is 23.5 Å². The molecular weight excluding hydrogens is 386 g/mol. The maximum atomic E-state index is 11.9. The standard InChI is InChI=1S/C22H19N3O3S/c1-2-27-20-12-16(14-24-25-22(26)21-8-5-11-29-21)9-10-19(20)28-15-18-7-4-3-6-17(18)13-23/h3-12,14H,2,15H2,1H3,(H,25,26). The van der Waals surface area contributed by atoms with Crippen LogP contribution in [0.5, 0.6) is 11.5 Å². The van der Waals surface area contributed by atoms with Gasteiger partial charge < -0.3 is 9.47 Å². The quantitative estimate of drug-likeness (QED) is 0.446. The fourth-order valence-electron chi connectivity index (χ4n) is 2.53. The minimum absolute atomic E-state index is 0.252. The van der Waals surface area contributed by atoms with Gasteiger partial charge in [-0.3, -0.25) is 4.79 Å². The first-order valence-corrected chi connectivity index (χ1v) is 9.83. The third-order valence-electron chi connectivity index (χ3n) is 3.91. The van der Waals surface area contributed by atoms with E-state index in [-0.39, 0.29) is 12.5 Å². The molecule has 0 saturated carbocycles. The zero-order chi connectivity index (χ0) is 20.5. The van der Waals surface area contributed by atoms with E-state index < -0.39 is 0 Å². The topological polar surface area (TPSA) is 83.7 Å². The molecule has 0 aliphatic heterocycles. The average molecular weight is 405 g/mol. The van der Waals surface area contributed by atoms with Crippen LogP contribution in [0.2, 0.25) is 0 Å². The summed E-state index contributed by atoms with van der Waals surface area (Å²) in [7, 11) is 0. The number of thiophene rings is 1. The molecule has 7 heteroatoms. The zero-order valence-corrected chi connectivity index (χ0v) is 16.6. The third-order valence-corrected chi connectivity index (χ3v) is 4.78. The second-order valence-electron chi connectivity index (χ2n) is 5.87. The van der Waals surface area contributed by atoms with Crippen LogP contribution in [-0.2, 0) is 6.61 Å². The summed E-state index contributed by atoms with van der Waals surface area (Å²) in [5.74, 6) is 0.882. The fourth-order valence-corrected chi connectivity index (χ4v) is 3.15. The van der Waals surface area contributed by atoms with Crippen molar-refractivity contribution in [3.05, 3.63) is 81.5 Å². The number of benzene rings is 2. The van der Waals surface area contributed by atoms with Crippen molar-refractivity contribution in [1.29, 1.82) is 5.26 Å². The van der Waals surface area contributed by atoms with E-state index in [0.717, 1.165) is 11.1 Å². The van der Waals surface area contributed by atoms with Crippen LogP contribution in [0.25, 0.3) is 0 Å². The molecule has 0 atom stereocenters. The van der Waals surface area contributed by atoms with Crippen molar-refractivity contribution in [3.63, 3.8) is 0 Å². The molecule has 0 bridgehead atoms. The predicted molar refractivity (Wildman–Crippen MR) is 112 cm³/mol. The molecule has 6 nitrogen and oxygen atoms in total. The Bertz CT molecular complexity index is 1040. The number of nitrogens with zero attached hydrogens (tertiary/aromatic N) is 2. The van der Waals surface area contributed by atoms with E-state index in [0.29, 0.717) is 28.5 Å².